The summed E-state index contributed by atoms with van der Waals surface area (Å²) in [6.45, 7) is 6.44. The topological polar surface area (TPSA) is 70.8 Å². The number of piperidine rings is 1. The van der Waals surface area contributed by atoms with Gasteiger partial charge in [-0.1, -0.05) is 33.1 Å². The summed E-state index contributed by atoms with van der Waals surface area (Å²) >= 11 is 0. The van der Waals surface area contributed by atoms with Crippen molar-refractivity contribution >= 4 is 5.95 Å². The second-order valence-corrected chi connectivity index (χ2v) is 6.98. The maximum atomic E-state index is 6.17. The highest BCUT2D eigenvalue weighted by Crippen LogP contribution is 2.37. The van der Waals surface area contributed by atoms with Gasteiger partial charge in [0.2, 0.25) is 5.95 Å². The van der Waals surface area contributed by atoms with E-state index in [1.54, 1.807) is 0 Å². The lowest BCUT2D eigenvalue weighted by Crippen LogP contribution is -2.48. The summed E-state index contributed by atoms with van der Waals surface area (Å²) in [7, 11) is 0. The van der Waals surface area contributed by atoms with Crippen LogP contribution in [-0.2, 0) is 5.41 Å². The van der Waals surface area contributed by atoms with Crippen LogP contribution >= 0.6 is 0 Å². The Kier molecular flexibility index (Phi) is 3.71. The Balaban J connectivity index is 1.73. The molecule has 2 atom stereocenters. The third kappa shape index (κ3) is 2.55. The summed E-state index contributed by atoms with van der Waals surface area (Å²) in [5.41, 5.74) is 6.36. The van der Waals surface area contributed by atoms with Crippen LogP contribution in [0.5, 0.6) is 0 Å². The molecule has 1 aliphatic heterocycles. The van der Waals surface area contributed by atoms with Gasteiger partial charge in [-0.15, -0.1) is 5.10 Å². The summed E-state index contributed by atoms with van der Waals surface area (Å²) < 4.78 is 0. The molecule has 0 spiro atoms. The molecule has 0 radical (unpaired) electrons. The highest BCUT2D eigenvalue weighted by atomic mass is 15.4. The minimum atomic E-state index is 0.189. The van der Waals surface area contributed by atoms with Gasteiger partial charge in [0.25, 0.3) is 0 Å². The van der Waals surface area contributed by atoms with Gasteiger partial charge in [0, 0.05) is 24.5 Å². The molecule has 1 saturated heterocycles. The van der Waals surface area contributed by atoms with Crippen LogP contribution in [0.4, 0.5) is 5.95 Å². The van der Waals surface area contributed by atoms with Crippen molar-refractivity contribution in [2.45, 2.75) is 63.8 Å². The number of nitrogens with zero attached hydrogens (tertiary/aromatic N) is 3. The van der Waals surface area contributed by atoms with E-state index in [4.69, 9.17) is 10.7 Å². The fraction of sp³-hybridized carbons (Fsp3) is 0.867. The monoisotopic (exact) mass is 277 g/mol. The summed E-state index contributed by atoms with van der Waals surface area (Å²) in [6.07, 6.45) is 7.53. The molecule has 112 valence electrons. The van der Waals surface area contributed by atoms with Gasteiger partial charge < -0.3 is 10.6 Å². The molecule has 20 heavy (non-hydrogen) atoms. The van der Waals surface area contributed by atoms with Crippen molar-refractivity contribution in [1.82, 2.24) is 15.2 Å². The molecular weight excluding hydrogens is 250 g/mol. The van der Waals surface area contributed by atoms with Gasteiger partial charge in [-0.05, 0) is 25.2 Å². The lowest BCUT2D eigenvalue weighted by molar-refractivity contribution is 0.304. The maximum Gasteiger partial charge on any atom is 0.244 e. The maximum absolute atomic E-state index is 6.17. The van der Waals surface area contributed by atoms with Gasteiger partial charge in [0.05, 0.1) is 0 Å². The number of H-pyrrole nitrogens is 1. The van der Waals surface area contributed by atoms with Crippen molar-refractivity contribution in [1.29, 1.82) is 0 Å². The van der Waals surface area contributed by atoms with Crippen molar-refractivity contribution in [2.24, 2.45) is 11.7 Å². The molecule has 1 aromatic heterocycles. The minimum absolute atomic E-state index is 0.189. The molecule has 0 amide bonds. The van der Waals surface area contributed by atoms with Crippen LogP contribution in [0.2, 0.25) is 0 Å². The standard InChI is InChI=1S/C15H27N5/c1-11-6-9-20(10-12(11)16)14-17-13(18-19-14)15(2)7-4-3-5-8-15/h11-12H,3-10,16H2,1-2H3,(H,17,18,19). The predicted molar refractivity (Wildman–Crippen MR) is 80.8 cm³/mol. The lowest BCUT2D eigenvalue weighted by atomic mass is 9.75. The number of aromatic nitrogens is 3. The molecule has 0 aromatic carbocycles. The Morgan fingerprint density at radius 2 is 2.05 bits per heavy atom. The summed E-state index contributed by atoms with van der Waals surface area (Å²) in [6, 6.07) is 0.232. The summed E-state index contributed by atoms with van der Waals surface area (Å²) in [4.78, 5) is 7.03. The minimum Gasteiger partial charge on any atom is -0.338 e. The number of aromatic amines is 1. The van der Waals surface area contributed by atoms with Crippen LogP contribution < -0.4 is 10.6 Å². The van der Waals surface area contributed by atoms with Crippen molar-refractivity contribution in [2.75, 3.05) is 18.0 Å². The Hall–Kier alpha value is -1.10. The first-order chi connectivity index (χ1) is 9.58. The van der Waals surface area contributed by atoms with E-state index >= 15 is 0 Å². The zero-order valence-corrected chi connectivity index (χ0v) is 12.7. The van der Waals surface area contributed by atoms with E-state index in [0.29, 0.717) is 5.92 Å². The molecule has 0 bridgehead atoms. The first kappa shape index (κ1) is 13.9. The van der Waals surface area contributed by atoms with Crippen molar-refractivity contribution in [3.63, 3.8) is 0 Å². The molecule has 2 aliphatic rings. The van der Waals surface area contributed by atoms with E-state index < -0.39 is 0 Å². The number of rotatable bonds is 2. The van der Waals surface area contributed by atoms with E-state index in [1.165, 1.54) is 32.1 Å². The van der Waals surface area contributed by atoms with E-state index in [1.807, 2.05) is 0 Å². The molecule has 1 aromatic rings. The van der Waals surface area contributed by atoms with Gasteiger partial charge in [0.15, 0.2) is 0 Å². The van der Waals surface area contributed by atoms with E-state index in [-0.39, 0.29) is 11.5 Å². The zero-order valence-electron chi connectivity index (χ0n) is 12.7. The van der Waals surface area contributed by atoms with Crippen molar-refractivity contribution in [3.05, 3.63) is 5.82 Å². The molecule has 5 heteroatoms. The number of nitrogens with two attached hydrogens (primary N) is 1. The Morgan fingerprint density at radius 1 is 1.30 bits per heavy atom. The second-order valence-electron chi connectivity index (χ2n) is 6.98. The molecule has 5 nitrogen and oxygen atoms in total. The summed E-state index contributed by atoms with van der Waals surface area (Å²) in [5, 5.41) is 7.65. The normalized spacial score (nSPS) is 30.4. The van der Waals surface area contributed by atoms with Gasteiger partial charge in [-0.3, -0.25) is 5.10 Å². The van der Waals surface area contributed by atoms with E-state index in [0.717, 1.165) is 31.3 Å². The van der Waals surface area contributed by atoms with E-state index in [9.17, 15) is 0 Å². The number of hydrogen-bond acceptors (Lipinski definition) is 4. The highest BCUT2D eigenvalue weighted by Gasteiger charge is 2.33. The van der Waals surface area contributed by atoms with Crippen LogP contribution in [0.3, 0.4) is 0 Å². The first-order valence-corrected chi connectivity index (χ1v) is 8.02. The average molecular weight is 277 g/mol. The second kappa shape index (κ2) is 5.35. The number of hydrogen-bond donors (Lipinski definition) is 2. The molecule has 2 fully saturated rings. The van der Waals surface area contributed by atoms with E-state index in [2.05, 4.69) is 28.9 Å². The molecule has 2 unspecified atom stereocenters. The summed E-state index contributed by atoms with van der Waals surface area (Å²) in [5.74, 6) is 2.51. The smallest absolute Gasteiger partial charge is 0.244 e. The molecule has 1 aliphatic carbocycles. The SMILES string of the molecule is CC1CCN(c2n[nH]c(C3(C)CCCCC3)n2)CC1N. The molecule has 2 heterocycles. The number of nitrogens with one attached hydrogen (secondary N) is 1. The van der Waals surface area contributed by atoms with Crippen LogP contribution in [-0.4, -0.2) is 34.3 Å². The average Bonchev–Trinajstić information content (AvgIpc) is 2.93. The molecule has 3 N–H and O–H groups in total. The fourth-order valence-electron chi connectivity index (χ4n) is 3.51. The largest absolute Gasteiger partial charge is 0.338 e. The first-order valence-electron chi connectivity index (χ1n) is 8.02. The highest BCUT2D eigenvalue weighted by molar-refractivity contribution is 5.31. The van der Waals surface area contributed by atoms with Gasteiger partial charge in [-0.2, -0.15) is 4.98 Å². The third-order valence-corrected chi connectivity index (χ3v) is 5.30. The van der Waals surface area contributed by atoms with Crippen molar-refractivity contribution < 1.29 is 0 Å². The lowest BCUT2D eigenvalue weighted by Gasteiger charge is -2.34. The zero-order chi connectivity index (χ0) is 14.2. The third-order valence-electron chi connectivity index (χ3n) is 5.30. The fourth-order valence-corrected chi connectivity index (χ4v) is 3.51. The molecule has 3 rings (SSSR count). The van der Waals surface area contributed by atoms with Crippen LogP contribution in [0, 0.1) is 5.92 Å². The quantitative estimate of drug-likeness (QED) is 0.869. The van der Waals surface area contributed by atoms with Crippen LogP contribution in [0.15, 0.2) is 0 Å². The van der Waals surface area contributed by atoms with Crippen molar-refractivity contribution in [3.8, 4) is 0 Å². The van der Waals surface area contributed by atoms with Crippen LogP contribution in [0.25, 0.3) is 0 Å². The predicted octanol–water partition coefficient (Wildman–Crippen LogP) is 2.20. The Bertz CT molecular complexity index is 449. The number of anilines is 1. The van der Waals surface area contributed by atoms with Gasteiger partial charge in [-0.25, -0.2) is 0 Å². The Labute approximate surface area is 121 Å². The van der Waals surface area contributed by atoms with Gasteiger partial charge >= 0.3 is 0 Å². The van der Waals surface area contributed by atoms with Crippen LogP contribution in [0.1, 0.15) is 58.2 Å². The van der Waals surface area contributed by atoms with Gasteiger partial charge in [0.1, 0.15) is 5.82 Å². The Morgan fingerprint density at radius 3 is 2.75 bits per heavy atom. The molecular formula is C15H27N5. The molecule has 1 saturated carbocycles.